The fourth-order valence-corrected chi connectivity index (χ4v) is 6.45. The molecule has 0 aliphatic carbocycles. The predicted octanol–water partition coefficient (Wildman–Crippen LogP) is 6.25. The Morgan fingerprint density at radius 1 is 1.08 bits per heavy atom. The first-order valence-electron chi connectivity index (χ1n) is 7.31. The SMILES string of the molecule is Cc1ccc(NC(=O)CSc2ssc(=S)c2-c2ccccc2)cc1. The average molecular weight is 390 g/mol. The highest BCUT2D eigenvalue weighted by atomic mass is 32.9. The molecule has 1 N–H and O–H groups in total. The van der Waals surface area contributed by atoms with Crippen LogP contribution in [-0.4, -0.2) is 11.7 Å². The topological polar surface area (TPSA) is 29.1 Å². The molecule has 3 aromatic rings. The van der Waals surface area contributed by atoms with Gasteiger partial charge in [-0.15, -0.1) is 11.8 Å². The van der Waals surface area contributed by atoms with Crippen LogP contribution in [-0.2, 0) is 4.79 Å². The number of thioether (sulfide) groups is 1. The van der Waals surface area contributed by atoms with Crippen molar-refractivity contribution in [3.8, 4) is 11.1 Å². The molecule has 2 nitrogen and oxygen atoms in total. The van der Waals surface area contributed by atoms with E-state index in [1.807, 2.05) is 49.4 Å². The third kappa shape index (κ3) is 4.33. The number of carbonyl (C=O) groups is 1. The van der Waals surface area contributed by atoms with Gasteiger partial charge in [0.2, 0.25) is 5.91 Å². The normalized spacial score (nSPS) is 10.5. The Balaban J connectivity index is 1.68. The number of hydrogen-bond donors (Lipinski definition) is 1. The van der Waals surface area contributed by atoms with Crippen LogP contribution in [0.25, 0.3) is 11.1 Å². The Kier molecular flexibility index (Phi) is 5.84. The number of amides is 1. The minimum absolute atomic E-state index is 0.00724. The van der Waals surface area contributed by atoms with Crippen LogP contribution >= 0.6 is 44.7 Å². The third-order valence-corrected chi connectivity index (χ3v) is 7.94. The molecular formula is C18H15NOS4. The molecule has 6 heteroatoms. The van der Waals surface area contributed by atoms with E-state index in [4.69, 9.17) is 12.2 Å². The van der Waals surface area contributed by atoms with Crippen molar-refractivity contribution in [2.45, 2.75) is 11.1 Å². The molecule has 0 radical (unpaired) electrons. The van der Waals surface area contributed by atoms with E-state index < -0.39 is 0 Å². The number of rotatable bonds is 5. The van der Waals surface area contributed by atoms with E-state index in [-0.39, 0.29) is 5.91 Å². The molecule has 0 spiro atoms. The van der Waals surface area contributed by atoms with Crippen LogP contribution in [0.15, 0.2) is 58.8 Å². The van der Waals surface area contributed by atoms with Gasteiger partial charge in [-0.1, -0.05) is 80.9 Å². The lowest BCUT2D eigenvalue weighted by Crippen LogP contribution is -2.13. The third-order valence-electron chi connectivity index (χ3n) is 3.33. The van der Waals surface area contributed by atoms with Crippen molar-refractivity contribution in [2.75, 3.05) is 11.1 Å². The summed E-state index contributed by atoms with van der Waals surface area (Å²) in [6, 6.07) is 17.9. The van der Waals surface area contributed by atoms with Crippen LogP contribution < -0.4 is 5.32 Å². The van der Waals surface area contributed by atoms with Crippen LogP contribution in [0.1, 0.15) is 5.56 Å². The van der Waals surface area contributed by atoms with Gasteiger partial charge in [0.1, 0.15) is 3.82 Å². The smallest absolute Gasteiger partial charge is 0.234 e. The van der Waals surface area contributed by atoms with E-state index in [9.17, 15) is 4.79 Å². The molecule has 0 atom stereocenters. The Bertz CT molecular complexity index is 881. The minimum Gasteiger partial charge on any atom is -0.325 e. The lowest BCUT2D eigenvalue weighted by Gasteiger charge is -2.06. The highest BCUT2D eigenvalue weighted by Gasteiger charge is 2.13. The summed E-state index contributed by atoms with van der Waals surface area (Å²) in [7, 11) is 3.23. The Morgan fingerprint density at radius 2 is 1.79 bits per heavy atom. The second kappa shape index (κ2) is 8.07. The largest absolute Gasteiger partial charge is 0.325 e. The average Bonchev–Trinajstić information content (AvgIpc) is 2.96. The number of anilines is 1. The van der Waals surface area contributed by atoms with Gasteiger partial charge >= 0.3 is 0 Å². The van der Waals surface area contributed by atoms with Crippen molar-refractivity contribution < 1.29 is 4.79 Å². The van der Waals surface area contributed by atoms with Crippen molar-refractivity contribution in [2.24, 2.45) is 0 Å². The molecule has 1 aromatic heterocycles. The summed E-state index contributed by atoms with van der Waals surface area (Å²) in [5.74, 6) is 0.364. The molecule has 0 aliphatic rings. The molecule has 1 heterocycles. The van der Waals surface area contributed by atoms with Crippen molar-refractivity contribution in [1.29, 1.82) is 0 Å². The van der Waals surface area contributed by atoms with Crippen LogP contribution in [0, 0.1) is 10.7 Å². The summed E-state index contributed by atoms with van der Waals surface area (Å²) in [6.45, 7) is 2.02. The quantitative estimate of drug-likeness (QED) is 0.318. The fraction of sp³-hybridized carbons (Fsp3) is 0.111. The van der Waals surface area contributed by atoms with Crippen LogP contribution in [0.2, 0.25) is 0 Å². The summed E-state index contributed by atoms with van der Waals surface area (Å²) in [5.41, 5.74) is 4.19. The number of aryl methyl sites for hydroxylation is 1. The molecule has 2 aromatic carbocycles. The summed E-state index contributed by atoms with van der Waals surface area (Å²) in [5, 5.41) is 2.93. The molecule has 0 aliphatic heterocycles. The van der Waals surface area contributed by atoms with Crippen LogP contribution in [0.5, 0.6) is 0 Å². The molecule has 3 rings (SSSR count). The fourth-order valence-electron chi connectivity index (χ4n) is 2.14. The van der Waals surface area contributed by atoms with E-state index in [1.165, 1.54) is 5.56 Å². The lowest BCUT2D eigenvalue weighted by atomic mass is 10.1. The van der Waals surface area contributed by atoms with Crippen LogP contribution in [0.4, 0.5) is 5.69 Å². The van der Waals surface area contributed by atoms with Gasteiger partial charge in [0.05, 0.1) is 9.96 Å². The van der Waals surface area contributed by atoms with Crippen molar-refractivity contribution in [3.05, 3.63) is 64.0 Å². The number of carbonyl (C=O) groups excluding carboxylic acids is 1. The zero-order valence-corrected chi connectivity index (χ0v) is 16.2. The number of nitrogens with one attached hydrogen (secondary N) is 1. The minimum atomic E-state index is -0.00724. The standard InChI is InChI=1S/C18H15NOS4/c1-12-7-9-14(10-8-12)19-15(20)11-22-18-16(17(21)23-24-18)13-5-3-2-4-6-13/h2-10H,11H2,1H3,(H,19,20). The van der Waals surface area contributed by atoms with Crippen molar-refractivity contribution in [1.82, 2.24) is 0 Å². The van der Waals surface area contributed by atoms with Gasteiger partial charge in [-0.2, -0.15) is 0 Å². The molecule has 0 unspecified atom stereocenters. The second-order valence-electron chi connectivity index (χ2n) is 5.19. The van der Waals surface area contributed by atoms with Gasteiger partial charge in [0.25, 0.3) is 0 Å². The van der Waals surface area contributed by atoms with E-state index in [2.05, 4.69) is 17.4 Å². The molecule has 0 bridgehead atoms. The molecular weight excluding hydrogens is 374 g/mol. The summed E-state index contributed by atoms with van der Waals surface area (Å²) >= 11 is 7.01. The maximum absolute atomic E-state index is 12.2. The lowest BCUT2D eigenvalue weighted by molar-refractivity contribution is -0.113. The number of benzene rings is 2. The van der Waals surface area contributed by atoms with Crippen LogP contribution in [0.3, 0.4) is 0 Å². The first-order valence-corrected chi connectivity index (χ1v) is 10.9. The highest BCUT2D eigenvalue weighted by molar-refractivity contribution is 8.03. The molecule has 1 amide bonds. The van der Waals surface area contributed by atoms with Crippen molar-refractivity contribution >= 4 is 56.3 Å². The van der Waals surface area contributed by atoms with Gasteiger partial charge in [-0.3, -0.25) is 4.79 Å². The maximum Gasteiger partial charge on any atom is 0.234 e. The Labute approximate surface area is 158 Å². The maximum atomic E-state index is 12.2. The van der Waals surface area contributed by atoms with Crippen molar-refractivity contribution in [3.63, 3.8) is 0 Å². The van der Waals surface area contributed by atoms with E-state index in [0.29, 0.717) is 5.75 Å². The Morgan fingerprint density at radius 3 is 2.50 bits per heavy atom. The molecule has 0 fully saturated rings. The summed E-state index contributed by atoms with van der Waals surface area (Å²) in [4.78, 5) is 12.2. The second-order valence-corrected chi connectivity index (χ2v) is 9.25. The van der Waals surface area contributed by atoms with E-state index >= 15 is 0 Å². The molecule has 0 saturated carbocycles. The highest BCUT2D eigenvalue weighted by Crippen LogP contribution is 2.40. The monoisotopic (exact) mass is 389 g/mol. The predicted molar refractivity (Wildman–Crippen MR) is 109 cm³/mol. The van der Waals surface area contributed by atoms with E-state index in [0.717, 1.165) is 24.8 Å². The molecule has 122 valence electrons. The summed E-state index contributed by atoms with van der Waals surface area (Å²) < 4.78 is 1.99. The first kappa shape index (κ1) is 17.4. The number of hydrogen-bond acceptors (Lipinski definition) is 5. The van der Waals surface area contributed by atoms with Gasteiger partial charge in [-0.25, -0.2) is 0 Å². The van der Waals surface area contributed by atoms with Gasteiger partial charge in [-0.05, 0) is 24.6 Å². The Hall–Kier alpha value is -1.47. The van der Waals surface area contributed by atoms with Gasteiger partial charge in [0.15, 0.2) is 0 Å². The zero-order valence-electron chi connectivity index (χ0n) is 12.9. The summed E-state index contributed by atoms with van der Waals surface area (Å²) in [6.07, 6.45) is 0. The van der Waals surface area contributed by atoms with E-state index in [1.54, 1.807) is 32.4 Å². The molecule has 24 heavy (non-hydrogen) atoms. The first-order chi connectivity index (χ1) is 11.6. The zero-order chi connectivity index (χ0) is 16.9. The van der Waals surface area contributed by atoms with Gasteiger partial charge < -0.3 is 5.32 Å². The van der Waals surface area contributed by atoms with Gasteiger partial charge in [0, 0.05) is 11.3 Å². The molecule has 0 saturated heterocycles.